The Morgan fingerprint density at radius 2 is 2.02 bits per heavy atom. The van der Waals surface area contributed by atoms with Crippen LogP contribution in [0.15, 0.2) is 60.8 Å². The number of aryl methyl sites for hydroxylation is 1. The molecule has 0 saturated heterocycles. The largest absolute Gasteiger partial charge is 0.490 e. The second kappa shape index (κ2) is 11.3. The Bertz CT molecular complexity index is 1410. The van der Waals surface area contributed by atoms with Gasteiger partial charge in [-0.1, -0.05) is 42.5 Å². The third kappa shape index (κ3) is 5.20. The Labute approximate surface area is 253 Å². The fourth-order valence-electron chi connectivity index (χ4n) is 7.46. The Morgan fingerprint density at radius 1 is 1.19 bits per heavy atom. The number of aliphatic hydroxyl groups is 2. The summed E-state index contributed by atoms with van der Waals surface area (Å²) in [4.78, 5) is 16.8. The molecule has 0 radical (unpaired) electrons. The van der Waals surface area contributed by atoms with E-state index in [0.717, 1.165) is 42.8 Å². The van der Waals surface area contributed by atoms with Crippen molar-refractivity contribution in [3.63, 3.8) is 0 Å². The van der Waals surface area contributed by atoms with Crippen molar-refractivity contribution in [1.29, 1.82) is 0 Å². The molecule has 1 spiro atoms. The van der Waals surface area contributed by atoms with Crippen molar-refractivity contribution in [2.24, 2.45) is 11.8 Å². The number of hydrogen-bond acceptors (Lipinski definition) is 6. The van der Waals surface area contributed by atoms with Crippen LogP contribution in [-0.2, 0) is 22.2 Å². The molecule has 3 N–H and O–H groups in total. The number of hydrogen-bond donors (Lipinski definition) is 3. The van der Waals surface area contributed by atoms with Crippen LogP contribution >= 0.6 is 11.6 Å². The van der Waals surface area contributed by atoms with E-state index in [4.69, 9.17) is 16.3 Å². The Kier molecular flexibility index (Phi) is 7.79. The average Bonchev–Trinajstić information content (AvgIpc) is 3.09. The molecule has 6 rings (SSSR count). The van der Waals surface area contributed by atoms with Gasteiger partial charge in [0.25, 0.3) is 0 Å². The maximum Gasteiger partial charge on any atom is 0.340 e. The monoisotopic (exact) mass is 592 g/mol. The third-order valence-electron chi connectivity index (χ3n) is 10.2. The molecule has 5 atom stereocenters. The quantitative estimate of drug-likeness (QED) is 0.389. The van der Waals surface area contributed by atoms with Gasteiger partial charge in [-0.3, -0.25) is 0 Å². The van der Waals surface area contributed by atoms with Gasteiger partial charge in [-0.05, 0) is 91.3 Å². The zero-order valence-electron chi connectivity index (χ0n) is 24.3. The highest BCUT2D eigenvalue weighted by Crippen LogP contribution is 2.47. The van der Waals surface area contributed by atoms with E-state index >= 15 is 0 Å². The van der Waals surface area contributed by atoms with E-state index in [-0.39, 0.29) is 23.7 Å². The van der Waals surface area contributed by atoms with Crippen LogP contribution in [0.1, 0.15) is 55.2 Å². The maximum atomic E-state index is 12.6. The number of anilines is 1. The van der Waals surface area contributed by atoms with Crippen molar-refractivity contribution >= 4 is 23.3 Å². The summed E-state index contributed by atoms with van der Waals surface area (Å²) in [5, 5.41) is 33.8. The number of rotatable bonds is 1. The number of benzene rings is 2. The first-order valence-electron chi connectivity index (χ1n) is 15.1. The Hall–Kier alpha value is -3.00. The summed E-state index contributed by atoms with van der Waals surface area (Å²) < 4.78 is 6.57. The van der Waals surface area contributed by atoms with Crippen LogP contribution in [0.25, 0.3) is 0 Å². The highest BCUT2D eigenvalue weighted by Gasteiger charge is 2.45. The van der Waals surface area contributed by atoms with Crippen LogP contribution < -0.4 is 9.64 Å². The second-order valence-electron chi connectivity index (χ2n) is 12.8. The van der Waals surface area contributed by atoms with Crippen LogP contribution in [0.5, 0.6) is 5.75 Å². The topological polar surface area (TPSA) is 93.5 Å². The Morgan fingerprint density at radius 3 is 2.79 bits per heavy atom. The standard InChI is InChI=1S/C34H41ClN2O5/c1-22-18-34(41,32(39)40)25-9-13-31-29(17-25)37(19-24-8-11-27(24)30(38)7-3-4-15-36(22)2)20-33(21-42-31)14-5-6-23-16-26(35)10-12-28(23)33/h3,7,9-10,12-13,16-17,24,27,30,38,41H,1,4-6,8,11,14-15,18-21H2,2H3,(H,39,40)/b7-3+/t24-,27+,30-,33-,34+/m0/s1. The number of aliphatic hydroxyl groups excluding tert-OH is 1. The third-order valence-corrected chi connectivity index (χ3v) is 10.4. The molecule has 42 heavy (non-hydrogen) atoms. The molecule has 0 amide bonds. The number of carboxylic acid groups (broad SMARTS) is 1. The molecule has 2 aromatic carbocycles. The highest BCUT2D eigenvalue weighted by atomic mass is 35.5. The van der Waals surface area contributed by atoms with Gasteiger partial charge in [0, 0.05) is 49.2 Å². The SMILES string of the molecule is C=C1C[C@](O)(C(=O)O)c2ccc3c(c2)N(C[C@@H]2CC[C@H]2[C@@H](O)/C=C/CCN1C)C[C@@]1(CCCc2cc(Cl)ccc21)CO3. The molecule has 2 aromatic rings. The molecule has 2 aliphatic carbocycles. The molecule has 0 unspecified atom stereocenters. The van der Waals surface area contributed by atoms with Crippen molar-refractivity contribution in [2.45, 2.75) is 62.1 Å². The number of halogens is 1. The zero-order valence-corrected chi connectivity index (χ0v) is 25.0. The summed E-state index contributed by atoms with van der Waals surface area (Å²) in [5.41, 5.74) is 1.71. The molecule has 7 nitrogen and oxygen atoms in total. The summed E-state index contributed by atoms with van der Waals surface area (Å²) in [6.07, 6.45) is 8.88. The van der Waals surface area contributed by atoms with Crippen LogP contribution in [0, 0.1) is 11.8 Å². The summed E-state index contributed by atoms with van der Waals surface area (Å²) in [5.74, 6) is -0.200. The molecular formula is C34H41ClN2O5. The van der Waals surface area contributed by atoms with Gasteiger partial charge in [0.15, 0.2) is 5.60 Å². The van der Waals surface area contributed by atoms with Gasteiger partial charge in [0.2, 0.25) is 0 Å². The van der Waals surface area contributed by atoms with Crippen LogP contribution in [0.2, 0.25) is 5.02 Å². The zero-order chi connectivity index (χ0) is 29.6. The first-order chi connectivity index (χ1) is 20.1. The number of nitrogens with zero attached hydrogens (tertiary/aromatic N) is 2. The molecule has 0 aromatic heterocycles. The molecule has 4 aliphatic rings. The van der Waals surface area contributed by atoms with Gasteiger partial charge in [0.1, 0.15) is 5.75 Å². The van der Waals surface area contributed by atoms with E-state index in [2.05, 4.69) is 23.6 Å². The lowest BCUT2D eigenvalue weighted by molar-refractivity contribution is -0.160. The van der Waals surface area contributed by atoms with Crippen LogP contribution in [0.4, 0.5) is 5.69 Å². The van der Waals surface area contributed by atoms with Crippen LogP contribution in [-0.4, -0.2) is 65.6 Å². The average molecular weight is 593 g/mol. The van der Waals surface area contributed by atoms with Crippen molar-refractivity contribution < 1.29 is 24.9 Å². The van der Waals surface area contributed by atoms with E-state index < -0.39 is 17.7 Å². The predicted molar refractivity (Wildman–Crippen MR) is 164 cm³/mol. The first-order valence-corrected chi connectivity index (χ1v) is 15.5. The summed E-state index contributed by atoms with van der Waals surface area (Å²) >= 11 is 6.40. The fraction of sp³-hybridized carbons (Fsp3) is 0.500. The predicted octanol–water partition coefficient (Wildman–Crippen LogP) is 5.27. The number of ether oxygens (including phenoxy) is 1. The van der Waals surface area contributed by atoms with Gasteiger partial charge in [-0.25, -0.2) is 4.79 Å². The minimum atomic E-state index is -2.15. The number of aliphatic carboxylic acids is 1. The van der Waals surface area contributed by atoms with Crippen molar-refractivity contribution in [3.05, 3.63) is 82.5 Å². The number of carbonyl (C=O) groups is 1. The molecule has 1 saturated carbocycles. The van der Waals surface area contributed by atoms with Gasteiger partial charge < -0.3 is 29.9 Å². The molecule has 2 aliphatic heterocycles. The van der Waals surface area contributed by atoms with E-state index in [0.29, 0.717) is 49.7 Å². The van der Waals surface area contributed by atoms with Gasteiger partial charge in [0.05, 0.1) is 18.4 Å². The lowest BCUT2D eigenvalue weighted by Gasteiger charge is -2.45. The van der Waals surface area contributed by atoms with E-state index in [1.807, 2.05) is 36.2 Å². The minimum absolute atomic E-state index is 0.145. The molecule has 224 valence electrons. The molecular weight excluding hydrogens is 552 g/mol. The lowest BCUT2D eigenvalue weighted by Crippen LogP contribution is -2.49. The van der Waals surface area contributed by atoms with Crippen molar-refractivity contribution in [1.82, 2.24) is 4.90 Å². The highest BCUT2D eigenvalue weighted by molar-refractivity contribution is 6.30. The maximum absolute atomic E-state index is 12.6. The van der Waals surface area contributed by atoms with E-state index in [1.54, 1.807) is 12.1 Å². The van der Waals surface area contributed by atoms with Crippen molar-refractivity contribution in [2.75, 3.05) is 38.2 Å². The summed E-state index contributed by atoms with van der Waals surface area (Å²) in [7, 11) is 1.85. The normalized spacial score (nSPS) is 32.2. The first kappa shape index (κ1) is 29.1. The number of carboxylic acids is 1. The number of fused-ring (bicyclic) bond motifs is 4. The Balaban J connectivity index is 1.46. The van der Waals surface area contributed by atoms with Crippen LogP contribution in [0.3, 0.4) is 0 Å². The second-order valence-corrected chi connectivity index (χ2v) is 13.3. The van der Waals surface area contributed by atoms with Gasteiger partial charge in [-0.2, -0.15) is 0 Å². The fourth-order valence-corrected chi connectivity index (χ4v) is 7.66. The minimum Gasteiger partial charge on any atom is -0.490 e. The molecule has 1 fully saturated rings. The smallest absolute Gasteiger partial charge is 0.340 e. The lowest BCUT2D eigenvalue weighted by atomic mass is 9.68. The van der Waals surface area contributed by atoms with E-state index in [1.165, 1.54) is 11.1 Å². The molecule has 2 heterocycles. The van der Waals surface area contributed by atoms with Gasteiger partial charge >= 0.3 is 5.97 Å². The summed E-state index contributed by atoms with van der Waals surface area (Å²) in [6, 6.07) is 11.5. The molecule has 8 heteroatoms. The van der Waals surface area contributed by atoms with Crippen molar-refractivity contribution in [3.8, 4) is 5.75 Å². The summed E-state index contributed by atoms with van der Waals surface area (Å²) in [6.45, 7) is 6.60. The van der Waals surface area contributed by atoms with Gasteiger partial charge in [-0.15, -0.1) is 0 Å². The van der Waals surface area contributed by atoms with E-state index in [9.17, 15) is 20.1 Å². The molecule has 2 bridgehead atoms.